The van der Waals surface area contributed by atoms with Crippen LogP contribution in [0.5, 0.6) is 5.88 Å². The molecule has 0 saturated carbocycles. The van der Waals surface area contributed by atoms with Gasteiger partial charge in [-0.2, -0.15) is 4.98 Å². The van der Waals surface area contributed by atoms with Gasteiger partial charge in [-0.05, 0) is 72.2 Å². The van der Waals surface area contributed by atoms with Crippen LogP contribution in [0.15, 0.2) is 71.6 Å². The van der Waals surface area contributed by atoms with E-state index >= 15 is 0 Å². The molecule has 8 nitrogen and oxygen atoms in total. The molecule has 0 spiro atoms. The van der Waals surface area contributed by atoms with Crippen LogP contribution in [-0.2, 0) is 15.4 Å². The van der Waals surface area contributed by atoms with E-state index in [9.17, 15) is 13.2 Å². The summed E-state index contributed by atoms with van der Waals surface area (Å²) >= 11 is 0. The van der Waals surface area contributed by atoms with Gasteiger partial charge in [0.1, 0.15) is 6.10 Å². The lowest BCUT2D eigenvalue weighted by atomic mass is 9.85. The lowest BCUT2D eigenvalue weighted by molar-refractivity contribution is 0.0925. The number of ether oxygens (including phenoxy) is 1. The van der Waals surface area contributed by atoms with Crippen LogP contribution < -0.4 is 14.8 Å². The Kier molecular flexibility index (Phi) is 7.33. The van der Waals surface area contributed by atoms with Gasteiger partial charge in [0, 0.05) is 17.2 Å². The van der Waals surface area contributed by atoms with E-state index in [1.165, 1.54) is 23.8 Å². The minimum atomic E-state index is -4.10. The van der Waals surface area contributed by atoms with Crippen molar-refractivity contribution in [3.63, 3.8) is 0 Å². The Hall–Kier alpha value is -4.24. The van der Waals surface area contributed by atoms with Crippen molar-refractivity contribution < 1.29 is 17.9 Å². The third-order valence-corrected chi connectivity index (χ3v) is 8.59. The third kappa shape index (κ3) is 5.95. The van der Waals surface area contributed by atoms with Crippen LogP contribution in [0.25, 0.3) is 11.3 Å². The number of hydrogen-bond donors (Lipinski definition) is 2. The summed E-state index contributed by atoms with van der Waals surface area (Å²) in [7, 11) is -4.10. The van der Waals surface area contributed by atoms with E-state index in [0.29, 0.717) is 5.69 Å². The highest BCUT2D eigenvalue weighted by Gasteiger charge is 2.25. The summed E-state index contributed by atoms with van der Waals surface area (Å²) in [5.74, 6) is -0.352. The van der Waals surface area contributed by atoms with E-state index in [0.717, 1.165) is 27.8 Å². The number of fused-ring (bicyclic) bond motifs is 4. The smallest absolute Gasteiger partial charge is 0.264 e. The number of hydrogen-bond acceptors (Lipinski definition) is 6. The number of amides is 1. The van der Waals surface area contributed by atoms with Crippen molar-refractivity contribution in [3.05, 3.63) is 100 Å². The lowest BCUT2D eigenvalue weighted by Crippen LogP contribution is -2.31. The number of carbonyl (C=O) groups is 1. The fourth-order valence-electron chi connectivity index (χ4n) is 5.01. The molecule has 0 saturated heterocycles. The Balaban J connectivity index is 1.69. The third-order valence-electron chi connectivity index (χ3n) is 7.27. The molecule has 4 bridgehead atoms. The Labute approximate surface area is 241 Å². The topological polar surface area (TPSA) is 110 Å². The molecular formula is C32H34N4O4S. The van der Waals surface area contributed by atoms with Crippen molar-refractivity contribution in [1.82, 2.24) is 15.3 Å². The van der Waals surface area contributed by atoms with Gasteiger partial charge in [0.25, 0.3) is 15.9 Å². The molecule has 1 aliphatic rings. The molecule has 0 radical (unpaired) electrons. The summed E-state index contributed by atoms with van der Waals surface area (Å²) in [5.41, 5.74) is 6.60. The van der Waals surface area contributed by atoms with Crippen molar-refractivity contribution in [3.8, 4) is 17.1 Å². The van der Waals surface area contributed by atoms with E-state index in [1.54, 1.807) is 12.1 Å². The highest BCUT2D eigenvalue weighted by atomic mass is 32.2. The first kappa shape index (κ1) is 28.3. The van der Waals surface area contributed by atoms with Crippen molar-refractivity contribution in [2.75, 3.05) is 11.3 Å². The van der Waals surface area contributed by atoms with E-state index < -0.39 is 22.0 Å². The molecule has 3 aromatic carbocycles. The lowest BCUT2D eigenvalue weighted by Gasteiger charge is -2.25. The van der Waals surface area contributed by atoms with Crippen LogP contribution in [0.4, 0.5) is 5.95 Å². The van der Waals surface area contributed by atoms with Gasteiger partial charge in [-0.25, -0.2) is 18.1 Å². The van der Waals surface area contributed by atoms with Crippen LogP contribution in [0, 0.1) is 20.8 Å². The molecular weight excluding hydrogens is 536 g/mol. The summed E-state index contributed by atoms with van der Waals surface area (Å²) in [4.78, 5) is 22.1. The molecule has 2 N–H and O–H groups in total. The number of nitrogens with one attached hydrogen (secondary N) is 2. The number of sulfonamides is 1. The van der Waals surface area contributed by atoms with Crippen LogP contribution in [0.3, 0.4) is 0 Å². The maximum absolute atomic E-state index is 13.3. The zero-order valence-corrected chi connectivity index (χ0v) is 24.9. The SMILES string of the molecule is Cc1cc(C(C)(C)C)ccc1[C@@H]1CNC(=O)c2cccc(c2)S(=O)(=O)Nc2nc(cc(-c3c(C)cccc3C)n2)O1. The zero-order chi connectivity index (χ0) is 29.5. The van der Waals surface area contributed by atoms with E-state index in [4.69, 9.17) is 4.74 Å². The minimum absolute atomic E-state index is 0.0346. The normalized spacial score (nSPS) is 16.7. The number of aromatic nitrogens is 2. The van der Waals surface area contributed by atoms with Gasteiger partial charge in [0.05, 0.1) is 17.1 Å². The summed E-state index contributed by atoms with van der Waals surface area (Å²) < 4.78 is 35.7. The fourth-order valence-corrected chi connectivity index (χ4v) is 6.00. The van der Waals surface area contributed by atoms with Gasteiger partial charge >= 0.3 is 0 Å². The maximum Gasteiger partial charge on any atom is 0.264 e. The van der Waals surface area contributed by atoms with Gasteiger partial charge in [0.2, 0.25) is 11.8 Å². The largest absolute Gasteiger partial charge is 0.467 e. The first-order valence-electron chi connectivity index (χ1n) is 13.5. The highest BCUT2D eigenvalue weighted by molar-refractivity contribution is 7.92. The number of anilines is 1. The zero-order valence-electron chi connectivity index (χ0n) is 24.1. The first-order valence-corrected chi connectivity index (χ1v) is 14.9. The highest BCUT2D eigenvalue weighted by Crippen LogP contribution is 2.33. The van der Waals surface area contributed by atoms with Crippen LogP contribution >= 0.6 is 0 Å². The second-order valence-corrected chi connectivity index (χ2v) is 13.1. The van der Waals surface area contributed by atoms with Gasteiger partial charge in [-0.15, -0.1) is 0 Å². The van der Waals surface area contributed by atoms with E-state index in [1.807, 2.05) is 45.0 Å². The molecule has 41 heavy (non-hydrogen) atoms. The maximum atomic E-state index is 13.3. The summed E-state index contributed by atoms with van der Waals surface area (Å²) in [6.45, 7) is 12.6. The standard InChI is InChI=1S/C32H34N4O4S/c1-19-9-7-10-20(2)29(19)26-17-28-35-31(34-26)36-41(38,39)24-12-8-11-22(16-24)30(37)33-18-27(40-28)25-14-13-23(15-21(25)3)32(4,5)6/h7-17,27H,18H2,1-6H3,(H,33,37)(H,34,35,36)/t27-/m0/s1. The number of rotatable bonds is 2. The Bertz CT molecular complexity index is 1740. The molecule has 0 unspecified atom stereocenters. The Morgan fingerprint density at radius 2 is 1.59 bits per heavy atom. The molecule has 0 fully saturated rings. The number of carbonyl (C=O) groups excluding carboxylic acids is 1. The molecule has 0 aliphatic carbocycles. The van der Waals surface area contributed by atoms with Crippen LogP contribution in [0.1, 0.15) is 65.1 Å². The monoisotopic (exact) mass is 570 g/mol. The Morgan fingerprint density at radius 1 is 0.878 bits per heavy atom. The molecule has 2 heterocycles. The molecule has 9 heteroatoms. The van der Waals surface area contributed by atoms with Crippen molar-refractivity contribution >= 4 is 21.9 Å². The molecule has 5 rings (SSSR count). The fraction of sp³-hybridized carbons (Fsp3) is 0.281. The van der Waals surface area contributed by atoms with Crippen molar-refractivity contribution in [1.29, 1.82) is 0 Å². The molecule has 1 aromatic heterocycles. The van der Waals surface area contributed by atoms with E-state index in [-0.39, 0.29) is 34.2 Å². The molecule has 4 aromatic rings. The van der Waals surface area contributed by atoms with Crippen LogP contribution in [-0.4, -0.2) is 30.8 Å². The van der Waals surface area contributed by atoms with Gasteiger partial charge in [0.15, 0.2) is 0 Å². The van der Waals surface area contributed by atoms with Crippen LogP contribution in [0.2, 0.25) is 0 Å². The predicted octanol–water partition coefficient (Wildman–Crippen LogP) is 6.03. The second kappa shape index (κ2) is 10.6. The van der Waals surface area contributed by atoms with Gasteiger partial charge < -0.3 is 10.1 Å². The number of benzene rings is 3. The van der Waals surface area contributed by atoms with Gasteiger partial charge in [-0.3, -0.25) is 4.79 Å². The molecule has 212 valence electrons. The summed E-state index contributed by atoms with van der Waals surface area (Å²) in [6.07, 6.45) is -0.609. The average Bonchev–Trinajstić information content (AvgIpc) is 2.90. The predicted molar refractivity (Wildman–Crippen MR) is 160 cm³/mol. The van der Waals surface area contributed by atoms with E-state index in [2.05, 4.69) is 52.9 Å². The summed E-state index contributed by atoms with van der Waals surface area (Å²) in [5, 5.41) is 2.93. The molecule has 1 aliphatic heterocycles. The van der Waals surface area contributed by atoms with Crippen molar-refractivity contribution in [2.24, 2.45) is 0 Å². The quantitative estimate of drug-likeness (QED) is 0.305. The second-order valence-electron chi connectivity index (χ2n) is 11.5. The van der Waals surface area contributed by atoms with Crippen molar-refractivity contribution in [2.45, 2.75) is 58.0 Å². The average molecular weight is 571 g/mol. The molecule has 1 atom stereocenters. The Morgan fingerprint density at radius 3 is 2.27 bits per heavy atom. The minimum Gasteiger partial charge on any atom is -0.467 e. The number of aryl methyl sites for hydroxylation is 3. The summed E-state index contributed by atoms with van der Waals surface area (Å²) in [6, 6.07) is 19.7. The van der Waals surface area contributed by atoms with Gasteiger partial charge in [-0.1, -0.05) is 63.2 Å². The number of nitrogens with zero attached hydrogens (tertiary/aromatic N) is 2. The first-order chi connectivity index (χ1) is 19.3. The molecule has 1 amide bonds.